The summed E-state index contributed by atoms with van der Waals surface area (Å²) in [4.78, 5) is 2.45. The minimum absolute atomic E-state index is 0.0945. The van der Waals surface area contributed by atoms with Crippen LogP contribution in [-0.2, 0) is 10.8 Å². The van der Waals surface area contributed by atoms with Crippen LogP contribution in [0.15, 0.2) is 199 Å². The molecular formula is C55H43N. The first-order valence-corrected chi connectivity index (χ1v) is 20.0. The fourth-order valence-electron chi connectivity index (χ4n) is 10.3. The van der Waals surface area contributed by atoms with Crippen molar-refractivity contribution in [3.8, 4) is 22.3 Å². The van der Waals surface area contributed by atoms with Crippen LogP contribution < -0.4 is 4.90 Å². The summed E-state index contributed by atoms with van der Waals surface area (Å²) in [5, 5.41) is 2.47. The molecule has 2 atom stereocenters. The standard InChI is InChI=1S/C55H43N/c1-54(2)50-24-10-8-22-46(50)48-29-28-45(35-52(48)54)56(44-27-26-36-14-4-5-15-38(36)31-44)43-21-13-19-39(32-43)37-18-12-20-42(30-37)55(3)51-25-11-9-23-47(51)49-33-40-16-6-7-17-41(40)34-53(49)55/h4-32,34-35,40H,33H2,1-3H3. The van der Waals surface area contributed by atoms with E-state index in [2.05, 4.69) is 214 Å². The lowest BCUT2D eigenvalue weighted by Crippen LogP contribution is -2.24. The normalized spacial score (nSPS) is 19.6. The first-order chi connectivity index (χ1) is 27.4. The summed E-state index contributed by atoms with van der Waals surface area (Å²) in [7, 11) is 0. The number of nitrogens with zero attached hydrogens (tertiary/aromatic N) is 1. The molecule has 11 rings (SSSR count). The Hall–Kier alpha value is -6.44. The molecule has 0 fully saturated rings. The van der Waals surface area contributed by atoms with Gasteiger partial charge in [-0.25, -0.2) is 0 Å². The lowest BCUT2D eigenvalue weighted by molar-refractivity contribution is 0.660. The number of fused-ring (bicyclic) bond motifs is 7. The molecule has 2 unspecified atom stereocenters. The van der Waals surface area contributed by atoms with E-state index in [4.69, 9.17) is 0 Å². The van der Waals surface area contributed by atoms with Crippen molar-refractivity contribution in [2.75, 3.05) is 4.90 Å². The van der Waals surface area contributed by atoms with Crippen molar-refractivity contribution in [1.82, 2.24) is 0 Å². The van der Waals surface area contributed by atoms with Gasteiger partial charge in [0.05, 0.1) is 0 Å². The summed E-state index contributed by atoms with van der Waals surface area (Å²) in [5.41, 5.74) is 19.5. The Bertz CT molecular complexity index is 2890. The maximum absolute atomic E-state index is 2.49. The lowest BCUT2D eigenvalue weighted by Gasteiger charge is -2.33. The highest BCUT2D eigenvalue weighted by molar-refractivity contribution is 5.92. The summed E-state index contributed by atoms with van der Waals surface area (Å²) >= 11 is 0. The average Bonchev–Trinajstić information content (AvgIpc) is 3.64. The topological polar surface area (TPSA) is 3.24 Å². The lowest BCUT2D eigenvalue weighted by atomic mass is 9.70. The van der Waals surface area contributed by atoms with Gasteiger partial charge in [-0.1, -0.05) is 159 Å². The van der Waals surface area contributed by atoms with Crippen molar-refractivity contribution in [1.29, 1.82) is 0 Å². The summed E-state index contributed by atoms with van der Waals surface area (Å²) in [6.45, 7) is 7.17. The maximum atomic E-state index is 2.49. The fourth-order valence-corrected chi connectivity index (χ4v) is 10.3. The van der Waals surface area contributed by atoms with Crippen LogP contribution >= 0.6 is 0 Å². The Morgan fingerprint density at radius 3 is 2.07 bits per heavy atom. The minimum atomic E-state index is -0.252. The van der Waals surface area contributed by atoms with Gasteiger partial charge in [0.1, 0.15) is 0 Å². The van der Waals surface area contributed by atoms with Crippen molar-refractivity contribution in [3.63, 3.8) is 0 Å². The number of allylic oxidation sites excluding steroid dienone is 8. The quantitative estimate of drug-likeness (QED) is 0.171. The Kier molecular flexibility index (Phi) is 7.23. The van der Waals surface area contributed by atoms with Gasteiger partial charge < -0.3 is 4.90 Å². The molecule has 0 spiro atoms. The molecule has 4 aliphatic carbocycles. The molecule has 0 aliphatic heterocycles. The summed E-state index contributed by atoms with van der Waals surface area (Å²) < 4.78 is 0. The number of anilines is 3. The Balaban J connectivity index is 1.04. The minimum Gasteiger partial charge on any atom is -0.310 e. The molecule has 0 saturated carbocycles. The number of hydrogen-bond donors (Lipinski definition) is 0. The van der Waals surface area contributed by atoms with Crippen LogP contribution in [0.25, 0.3) is 38.6 Å². The Labute approximate surface area is 330 Å². The highest BCUT2D eigenvalue weighted by Crippen LogP contribution is 2.56. The van der Waals surface area contributed by atoms with Crippen LogP contribution in [0.5, 0.6) is 0 Å². The molecule has 56 heavy (non-hydrogen) atoms. The predicted octanol–water partition coefficient (Wildman–Crippen LogP) is 14.4. The van der Waals surface area contributed by atoms with Gasteiger partial charge >= 0.3 is 0 Å². The molecule has 0 bridgehead atoms. The third-order valence-electron chi connectivity index (χ3n) is 13.3. The van der Waals surface area contributed by atoms with Crippen molar-refractivity contribution in [2.24, 2.45) is 5.92 Å². The van der Waals surface area contributed by atoms with E-state index in [1.807, 2.05) is 0 Å². The predicted molar refractivity (Wildman–Crippen MR) is 236 cm³/mol. The van der Waals surface area contributed by atoms with Crippen molar-refractivity contribution in [3.05, 3.63) is 227 Å². The van der Waals surface area contributed by atoms with Gasteiger partial charge in [-0.3, -0.25) is 0 Å². The molecule has 268 valence electrons. The molecule has 0 amide bonds. The molecule has 1 heteroatoms. The van der Waals surface area contributed by atoms with E-state index in [9.17, 15) is 0 Å². The molecule has 4 aliphatic rings. The molecule has 7 aromatic rings. The van der Waals surface area contributed by atoms with E-state index >= 15 is 0 Å². The van der Waals surface area contributed by atoms with Crippen molar-refractivity contribution >= 4 is 33.4 Å². The first kappa shape index (κ1) is 32.9. The largest absolute Gasteiger partial charge is 0.310 e. The second-order valence-corrected chi connectivity index (χ2v) is 16.7. The molecule has 0 saturated heterocycles. The van der Waals surface area contributed by atoms with E-state index in [1.165, 1.54) is 77.6 Å². The van der Waals surface area contributed by atoms with Crippen LogP contribution in [0.1, 0.15) is 55.0 Å². The van der Waals surface area contributed by atoms with E-state index < -0.39 is 0 Å². The zero-order valence-corrected chi connectivity index (χ0v) is 32.1. The van der Waals surface area contributed by atoms with Gasteiger partial charge in [0.25, 0.3) is 0 Å². The molecule has 7 aromatic carbocycles. The fraction of sp³-hybridized carbons (Fsp3) is 0.127. The number of benzene rings is 7. The van der Waals surface area contributed by atoms with Crippen LogP contribution in [0.3, 0.4) is 0 Å². The van der Waals surface area contributed by atoms with Crippen LogP contribution in [0.2, 0.25) is 0 Å². The van der Waals surface area contributed by atoms with Crippen molar-refractivity contribution in [2.45, 2.75) is 38.0 Å². The van der Waals surface area contributed by atoms with Gasteiger partial charge in [-0.2, -0.15) is 0 Å². The highest BCUT2D eigenvalue weighted by atomic mass is 15.1. The second kappa shape index (κ2) is 12.3. The maximum Gasteiger partial charge on any atom is 0.0468 e. The summed E-state index contributed by atoms with van der Waals surface area (Å²) in [6, 6.07) is 59.1. The number of hydrogen-bond acceptors (Lipinski definition) is 1. The molecule has 0 heterocycles. The highest BCUT2D eigenvalue weighted by Gasteiger charge is 2.44. The smallest absolute Gasteiger partial charge is 0.0468 e. The first-order valence-electron chi connectivity index (χ1n) is 20.0. The van der Waals surface area contributed by atoms with Crippen LogP contribution in [-0.4, -0.2) is 0 Å². The van der Waals surface area contributed by atoms with Gasteiger partial charge in [-0.15, -0.1) is 0 Å². The summed E-state index contributed by atoms with van der Waals surface area (Å²) in [6.07, 6.45) is 12.6. The zero-order chi connectivity index (χ0) is 37.6. The summed E-state index contributed by atoms with van der Waals surface area (Å²) in [5.74, 6) is 0.445. The third kappa shape index (κ3) is 4.87. The van der Waals surface area contributed by atoms with Gasteiger partial charge in [0, 0.05) is 33.8 Å². The Morgan fingerprint density at radius 1 is 0.518 bits per heavy atom. The van der Waals surface area contributed by atoms with Gasteiger partial charge in [-0.05, 0) is 133 Å². The zero-order valence-electron chi connectivity index (χ0n) is 32.1. The SMILES string of the molecule is CC1(C)c2ccccc2-c2ccc(N(c3cccc(-c4cccc(C5(C)C6=C(CC7C=CC=CC7=C6)c6ccccc65)c4)c3)c3ccc4ccccc4c3)cc21. The van der Waals surface area contributed by atoms with Gasteiger partial charge in [0.2, 0.25) is 0 Å². The molecular weight excluding hydrogens is 675 g/mol. The van der Waals surface area contributed by atoms with Crippen LogP contribution in [0.4, 0.5) is 17.1 Å². The Morgan fingerprint density at radius 2 is 1.20 bits per heavy atom. The molecule has 0 aromatic heterocycles. The van der Waals surface area contributed by atoms with E-state index in [1.54, 1.807) is 0 Å². The second-order valence-electron chi connectivity index (χ2n) is 16.7. The van der Waals surface area contributed by atoms with E-state index in [0.717, 1.165) is 23.5 Å². The molecule has 1 nitrogen and oxygen atoms in total. The average molecular weight is 718 g/mol. The molecule has 0 radical (unpaired) electrons. The van der Waals surface area contributed by atoms with E-state index in [0.29, 0.717) is 5.92 Å². The number of rotatable bonds is 5. The molecule has 0 N–H and O–H groups in total. The monoisotopic (exact) mass is 717 g/mol. The van der Waals surface area contributed by atoms with Crippen molar-refractivity contribution < 1.29 is 0 Å². The van der Waals surface area contributed by atoms with Gasteiger partial charge in [0.15, 0.2) is 0 Å². The third-order valence-corrected chi connectivity index (χ3v) is 13.3. The van der Waals surface area contributed by atoms with E-state index in [-0.39, 0.29) is 10.8 Å². The van der Waals surface area contributed by atoms with Crippen LogP contribution in [0, 0.1) is 5.92 Å².